The van der Waals surface area contributed by atoms with E-state index >= 15 is 0 Å². The van der Waals surface area contributed by atoms with Gasteiger partial charge >= 0.3 is 0 Å². The molecule has 0 bridgehead atoms. The van der Waals surface area contributed by atoms with Crippen molar-refractivity contribution < 1.29 is 8.83 Å². The number of hydrogen-bond acceptors (Lipinski definition) is 5. The van der Waals surface area contributed by atoms with Crippen molar-refractivity contribution in [2.75, 3.05) is 0 Å². The summed E-state index contributed by atoms with van der Waals surface area (Å²) in [6, 6.07) is 49.9. The Morgan fingerprint density at radius 1 is 0.434 bits per heavy atom. The summed E-state index contributed by atoms with van der Waals surface area (Å²) >= 11 is 0. The number of aromatic nitrogens is 3. The van der Waals surface area contributed by atoms with Gasteiger partial charge in [0.25, 0.3) is 0 Å². The molecule has 3 heterocycles. The summed E-state index contributed by atoms with van der Waals surface area (Å²) in [5, 5.41) is 6.61. The Balaban J connectivity index is 1.18. The highest BCUT2D eigenvalue weighted by Crippen LogP contribution is 2.39. The fourth-order valence-electron chi connectivity index (χ4n) is 7.31. The van der Waals surface area contributed by atoms with E-state index in [1.165, 1.54) is 0 Å². The number of furan rings is 2. The predicted octanol–water partition coefficient (Wildman–Crippen LogP) is 13.1. The van der Waals surface area contributed by atoms with E-state index in [0.29, 0.717) is 17.5 Å². The molecular formula is C48H31N3O2. The third-order valence-corrected chi connectivity index (χ3v) is 9.87. The van der Waals surface area contributed by atoms with E-state index in [1.807, 2.05) is 61.5 Å². The van der Waals surface area contributed by atoms with Gasteiger partial charge in [-0.3, -0.25) is 0 Å². The number of rotatable bonds is 6. The van der Waals surface area contributed by atoms with Crippen LogP contribution in [-0.2, 0) is 0 Å². The van der Waals surface area contributed by atoms with E-state index in [-0.39, 0.29) is 0 Å². The van der Waals surface area contributed by atoms with Gasteiger partial charge in [0.05, 0.1) is 0 Å². The Hall–Kier alpha value is -7.11. The summed E-state index contributed by atoms with van der Waals surface area (Å²) in [7, 11) is 0. The van der Waals surface area contributed by atoms with Crippen LogP contribution in [0.1, 0.15) is 12.5 Å². The van der Waals surface area contributed by atoms with Gasteiger partial charge in [0.15, 0.2) is 17.5 Å². The van der Waals surface area contributed by atoms with E-state index < -0.39 is 0 Å². The van der Waals surface area contributed by atoms with Crippen LogP contribution >= 0.6 is 0 Å². The maximum atomic E-state index is 6.28. The molecule has 0 aliphatic rings. The number of benzene rings is 7. The molecule has 250 valence electrons. The molecule has 53 heavy (non-hydrogen) atoms. The smallest absolute Gasteiger partial charge is 0.164 e. The van der Waals surface area contributed by atoms with Crippen molar-refractivity contribution in [3.05, 3.63) is 169 Å². The number of nitrogens with zero attached hydrogens (tertiary/aromatic N) is 3. The van der Waals surface area contributed by atoms with E-state index in [9.17, 15) is 0 Å². The maximum Gasteiger partial charge on any atom is 0.164 e. The molecule has 0 radical (unpaired) electrons. The van der Waals surface area contributed by atoms with E-state index in [1.54, 1.807) is 0 Å². The zero-order valence-corrected chi connectivity index (χ0v) is 28.8. The predicted molar refractivity (Wildman–Crippen MR) is 217 cm³/mol. The second-order valence-corrected chi connectivity index (χ2v) is 13.1. The van der Waals surface area contributed by atoms with Crippen LogP contribution in [0.25, 0.3) is 106 Å². The van der Waals surface area contributed by atoms with Gasteiger partial charge < -0.3 is 8.83 Å². The summed E-state index contributed by atoms with van der Waals surface area (Å²) in [4.78, 5) is 15.4. The molecule has 0 fully saturated rings. The van der Waals surface area contributed by atoms with Crippen LogP contribution < -0.4 is 0 Å². The first-order valence-electron chi connectivity index (χ1n) is 17.7. The molecule has 10 aromatic rings. The fourth-order valence-corrected chi connectivity index (χ4v) is 7.31. The molecule has 3 aromatic heterocycles. The van der Waals surface area contributed by atoms with Crippen LogP contribution in [-0.4, -0.2) is 15.0 Å². The molecule has 0 saturated heterocycles. The Morgan fingerprint density at radius 3 is 1.92 bits per heavy atom. The second-order valence-electron chi connectivity index (χ2n) is 13.1. The Labute approximate surface area is 305 Å². The average molecular weight is 682 g/mol. The first kappa shape index (κ1) is 30.7. The normalized spacial score (nSPS) is 12.1. The highest BCUT2D eigenvalue weighted by atomic mass is 16.3. The van der Waals surface area contributed by atoms with Crippen LogP contribution in [0.3, 0.4) is 0 Å². The molecule has 0 amide bonds. The van der Waals surface area contributed by atoms with Gasteiger partial charge in [-0.05, 0) is 82.9 Å². The Morgan fingerprint density at radius 2 is 1.08 bits per heavy atom. The summed E-state index contributed by atoms with van der Waals surface area (Å²) in [5.74, 6) is 1.76. The summed E-state index contributed by atoms with van der Waals surface area (Å²) in [5.41, 5.74) is 9.21. The summed E-state index contributed by atoms with van der Waals surface area (Å²) in [6.07, 6.45) is 8.22. The standard InChI is InChI=1S/C48H31N3O2/c1-2-3-4-14-32-28-33(36-17-11-20-43-45(36)40-16-8-10-19-42(40)52-43)23-25-37(32)48-50-46(34-22-21-30-12-5-6-13-31(30)27-34)49-47(51-48)35-24-26-39-38-15-7-9-18-41(38)53-44(39)29-35/h2-29H,1H3/b3-2-,14-4-. The lowest BCUT2D eigenvalue weighted by molar-refractivity contribution is 0.668. The van der Waals surface area contributed by atoms with Crippen LogP contribution in [0, 0.1) is 0 Å². The molecule has 0 N–H and O–H groups in total. The molecule has 5 heteroatoms. The van der Waals surface area contributed by atoms with Crippen LogP contribution in [0.2, 0.25) is 0 Å². The van der Waals surface area contributed by atoms with E-state index in [0.717, 1.165) is 88.0 Å². The quantitative estimate of drug-likeness (QED) is 0.163. The van der Waals surface area contributed by atoms with Crippen molar-refractivity contribution in [2.24, 2.45) is 0 Å². The first-order valence-corrected chi connectivity index (χ1v) is 17.7. The van der Waals surface area contributed by atoms with Gasteiger partial charge in [-0.25, -0.2) is 15.0 Å². The zero-order valence-electron chi connectivity index (χ0n) is 28.8. The van der Waals surface area contributed by atoms with E-state index in [4.69, 9.17) is 23.8 Å². The molecule has 10 rings (SSSR count). The fraction of sp³-hybridized carbons (Fsp3) is 0.0208. The topological polar surface area (TPSA) is 65.0 Å². The lowest BCUT2D eigenvalue weighted by Crippen LogP contribution is -2.01. The lowest BCUT2D eigenvalue weighted by Gasteiger charge is -2.13. The molecule has 0 spiro atoms. The highest BCUT2D eigenvalue weighted by Gasteiger charge is 2.18. The third-order valence-electron chi connectivity index (χ3n) is 9.87. The number of hydrogen-bond donors (Lipinski definition) is 0. The van der Waals surface area contributed by atoms with Crippen molar-refractivity contribution in [1.29, 1.82) is 0 Å². The minimum Gasteiger partial charge on any atom is -0.456 e. The zero-order chi connectivity index (χ0) is 35.3. The van der Waals surface area contributed by atoms with E-state index in [2.05, 4.69) is 115 Å². The van der Waals surface area contributed by atoms with Gasteiger partial charge in [0.2, 0.25) is 0 Å². The monoisotopic (exact) mass is 681 g/mol. The van der Waals surface area contributed by atoms with Gasteiger partial charge in [-0.2, -0.15) is 0 Å². The van der Waals surface area contributed by atoms with Gasteiger partial charge in [-0.15, -0.1) is 0 Å². The first-order chi connectivity index (χ1) is 26.2. The lowest BCUT2D eigenvalue weighted by atomic mass is 9.95. The van der Waals surface area contributed by atoms with Crippen LogP contribution in [0.5, 0.6) is 0 Å². The Kier molecular flexibility index (Phi) is 7.29. The minimum absolute atomic E-state index is 0.572. The van der Waals surface area contributed by atoms with Gasteiger partial charge in [0.1, 0.15) is 22.3 Å². The molecule has 0 saturated carbocycles. The van der Waals surface area contributed by atoms with Crippen molar-refractivity contribution in [1.82, 2.24) is 15.0 Å². The number of allylic oxidation sites excluding steroid dienone is 3. The molecular weight excluding hydrogens is 651 g/mol. The maximum absolute atomic E-state index is 6.28. The third kappa shape index (κ3) is 5.38. The molecule has 0 unspecified atom stereocenters. The minimum atomic E-state index is 0.572. The number of para-hydroxylation sites is 2. The van der Waals surface area contributed by atoms with Crippen molar-refractivity contribution in [3.8, 4) is 45.3 Å². The van der Waals surface area contributed by atoms with Crippen molar-refractivity contribution in [3.63, 3.8) is 0 Å². The Bertz CT molecular complexity index is 3090. The summed E-state index contributed by atoms with van der Waals surface area (Å²) in [6.45, 7) is 2.01. The number of fused-ring (bicyclic) bond motifs is 7. The molecule has 0 aliphatic carbocycles. The van der Waals surface area contributed by atoms with Gasteiger partial charge in [-0.1, -0.05) is 121 Å². The molecule has 5 nitrogen and oxygen atoms in total. The largest absolute Gasteiger partial charge is 0.456 e. The summed E-state index contributed by atoms with van der Waals surface area (Å²) < 4.78 is 12.5. The second kappa shape index (κ2) is 12.6. The molecule has 7 aromatic carbocycles. The van der Waals surface area contributed by atoms with Crippen molar-refractivity contribution >= 4 is 60.7 Å². The van der Waals surface area contributed by atoms with Crippen LogP contribution in [0.4, 0.5) is 0 Å². The van der Waals surface area contributed by atoms with Gasteiger partial charge in [0, 0.05) is 38.2 Å². The SMILES string of the molecule is C/C=C\C=C/c1cc(-c2cccc3oc4ccccc4c23)ccc1-c1nc(-c2ccc3ccccc3c2)nc(-c2ccc3c(c2)oc2ccccc23)n1. The highest BCUT2D eigenvalue weighted by molar-refractivity contribution is 6.12. The average Bonchev–Trinajstić information content (AvgIpc) is 3.79. The molecule has 0 aliphatic heterocycles. The van der Waals surface area contributed by atoms with Crippen LogP contribution in [0.15, 0.2) is 173 Å². The molecule has 0 atom stereocenters. The van der Waals surface area contributed by atoms with Crippen molar-refractivity contribution in [2.45, 2.75) is 6.92 Å².